The van der Waals surface area contributed by atoms with Gasteiger partial charge < -0.3 is 14.7 Å². The fraction of sp³-hybridized carbons (Fsp3) is 0.385. The van der Waals surface area contributed by atoms with E-state index in [1.807, 2.05) is 0 Å². The van der Waals surface area contributed by atoms with Crippen molar-refractivity contribution in [1.82, 2.24) is 4.90 Å². The lowest BCUT2D eigenvalue weighted by atomic mass is 10.1. The fourth-order valence-electron chi connectivity index (χ4n) is 1.57. The molecule has 1 aromatic carbocycles. The lowest BCUT2D eigenvalue weighted by molar-refractivity contribution is -0.138. The summed E-state index contributed by atoms with van der Waals surface area (Å²) in [6, 6.07) is 5.05. The van der Waals surface area contributed by atoms with Gasteiger partial charge in [-0.15, -0.1) is 0 Å². The number of halogens is 1. The van der Waals surface area contributed by atoms with Crippen molar-refractivity contribution in [3.63, 3.8) is 0 Å². The molecule has 19 heavy (non-hydrogen) atoms. The number of likely N-dealkylation sites (N-methyl/N-ethyl adjacent to an activating group) is 1. The molecule has 0 aliphatic heterocycles. The quantitative estimate of drug-likeness (QED) is 0.866. The van der Waals surface area contributed by atoms with Crippen molar-refractivity contribution >= 4 is 23.5 Å². The summed E-state index contributed by atoms with van der Waals surface area (Å²) in [4.78, 5) is 23.8. The molecule has 1 aromatic rings. The van der Waals surface area contributed by atoms with Crippen LogP contribution < -0.4 is 4.74 Å². The molecule has 0 unspecified atom stereocenters. The molecule has 104 valence electrons. The Balaban J connectivity index is 2.70. The molecule has 0 spiro atoms. The summed E-state index contributed by atoms with van der Waals surface area (Å²) >= 11 is 5.88. The Labute approximate surface area is 116 Å². The van der Waals surface area contributed by atoms with Crippen LogP contribution in [0.1, 0.15) is 12.0 Å². The number of carboxylic acid groups (broad SMARTS) is 1. The van der Waals surface area contributed by atoms with E-state index in [0.29, 0.717) is 16.3 Å². The molecule has 6 heteroatoms. The van der Waals surface area contributed by atoms with Crippen LogP contribution in [0.2, 0.25) is 5.02 Å². The molecule has 0 atom stereocenters. The number of rotatable bonds is 6. The average molecular weight is 286 g/mol. The van der Waals surface area contributed by atoms with E-state index in [9.17, 15) is 9.59 Å². The highest BCUT2D eigenvalue weighted by atomic mass is 35.5. The van der Waals surface area contributed by atoms with Gasteiger partial charge in [0.2, 0.25) is 5.91 Å². The van der Waals surface area contributed by atoms with Crippen LogP contribution in [0.5, 0.6) is 5.75 Å². The zero-order valence-electron chi connectivity index (χ0n) is 10.9. The number of benzene rings is 1. The summed E-state index contributed by atoms with van der Waals surface area (Å²) < 4.78 is 5.16. The Kier molecular flexibility index (Phi) is 5.63. The predicted octanol–water partition coefficient (Wildman–Crippen LogP) is 1.82. The molecule has 0 aromatic heterocycles. The topological polar surface area (TPSA) is 66.8 Å². The number of carboxylic acids is 1. The monoisotopic (exact) mass is 285 g/mol. The van der Waals surface area contributed by atoms with Gasteiger partial charge in [-0.1, -0.05) is 11.6 Å². The van der Waals surface area contributed by atoms with Gasteiger partial charge in [0.05, 0.1) is 20.0 Å². The van der Waals surface area contributed by atoms with E-state index in [4.69, 9.17) is 21.4 Å². The minimum Gasteiger partial charge on any atom is -0.496 e. The maximum atomic E-state index is 11.9. The number of ether oxygens (including phenoxy) is 1. The number of nitrogens with zero attached hydrogens (tertiary/aromatic N) is 1. The maximum Gasteiger partial charge on any atom is 0.305 e. The highest BCUT2D eigenvalue weighted by Gasteiger charge is 2.14. The van der Waals surface area contributed by atoms with E-state index in [2.05, 4.69) is 0 Å². The molecule has 0 aliphatic rings. The lowest BCUT2D eigenvalue weighted by Gasteiger charge is -2.17. The first-order chi connectivity index (χ1) is 8.93. The smallest absolute Gasteiger partial charge is 0.305 e. The summed E-state index contributed by atoms with van der Waals surface area (Å²) in [5, 5.41) is 9.10. The number of hydrogen-bond acceptors (Lipinski definition) is 3. The molecule has 0 heterocycles. The summed E-state index contributed by atoms with van der Waals surface area (Å²) in [7, 11) is 3.09. The predicted molar refractivity (Wildman–Crippen MR) is 71.6 cm³/mol. The van der Waals surface area contributed by atoms with Crippen LogP contribution in [0.15, 0.2) is 18.2 Å². The SMILES string of the molecule is COc1ccc(Cl)cc1CC(=O)N(C)CCC(=O)O. The first-order valence-corrected chi connectivity index (χ1v) is 6.10. The van der Waals surface area contributed by atoms with Crippen molar-refractivity contribution in [2.24, 2.45) is 0 Å². The van der Waals surface area contributed by atoms with Gasteiger partial charge in [-0.05, 0) is 18.2 Å². The maximum absolute atomic E-state index is 11.9. The van der Waals surface area contributed by atoms with Crippen LogP contribution in [-0.2, 0) is 16.0 Å². The molecule has 0 saturated carbocycles. The largest absolute Gasteiger partial charge is 0.496 e. The third-order valence-corrected chi connectivity index (χ3v) is 2.91. The van der Waals surface area contributed by atoms with Gasteiger partial charge in [0.25, 0.3) is 0 Å². The number of aliphatic carboxylic acids is 1. The van der Waals surface area contributed by atoms with Gasteiger partial charge in [0.15, 0.2) is 0 Å². The Bertz CT molecular complexity index is 476. The average Bonchev–Trinajstić information content (AvgIpc) is 2.36. The molecule has 5 nitrogen and oxygen atoms in total. The van der Waals surface area contributed by atoms with Gasteiger partial charge in [-0.3, -0.25) is 9.59 Å². The number of methoxy groups -OCH3 is 1. The van der Waals surface area contributed by atoms with E-state index in [-0.39, 0.29) is 25.3 Å². The highest BCUT2D eigenvalue weighted by Crippen LogP contribution is 2.23. The van der Waals surface area contributed by atoms with E-state index < -0.39 is 5.97 Å². The van der Waals surface area contributed by atoms with Crippen LogP contribution in [0.25, 0.3) is 0 Å². The van der Waals surface area contributed by atoms with Crippen molar-refractivity contribution in [2.75, 3.05) is 20.7 Å². The van der Waals surface area contributed by atoms with E-state index in [1.165, 1.54) is 12.0 Å². The van der Waals surface area contributed by atoms with Gasteiger partial charge in [-0.25, -0.2) is 0 Å². The molecule has 0 bridgehead atoms. The van der Waals surface area contributed by atoms with Gasteiger partial charge in [0.1, 0.15) is 5.75 Å². The van der Waals surface area contributed by atoms with Gasteiger partial charge >= 0.3 is 5.97 Å². The van der Waals surface area contributed by atoms with Crippen LogP contribution in [0.3, 0.4) is 0 Å². The van der Waals surface area contributed by atoms with Crippen LogP contribution >= 0.6 is 11.6 Å². The molecule has 1 rings (SSSR count). The summed E-state index contributed by atoms with van der Waals surface area (Å²) in [6.07, 6.45) is 0.0504. The minimum atomic E-state index is -0.931. The zero-order valence-corrected chi connectivity index (χ0v) is 11.6. The van der Waals surface area contributed by atoms with Crippen molar-refractivity contribution in [2.45, 2.75) is 12.8 Å². The van der Waals surface area contributed by atoms with Crippen molar-refractivity contribution in [3.8, 4) is 5.75 Å². The molecule has 0 radical (unpaired) electrons. The van der Waals surface area contributed by atoms with Crippen molar-refractivity contribution in [1.29, 1.82) is 0 Å². The second kappa shape index (κ2) is 6.99. The molecule has 1 N–H and O–H groups in total. The Morgan fingerprint density at radius 1 is 1.42 bits per heavy atom. The van der Waals surface area contributed by atoms with Gasteiger partial charge in [0, 0.05) is 24.2 Å². The number of carbonyl (C=O) groups is 2. The highest BCUT2D eigenvalue weighted by molar-refractivity contribution is 6.30. The molecule has 0 fully saturated rings. The Hall–Kier alpha value is -1.75. The fourth-order valence-corrected chi connectivity index (χ4v) is 1.77. The number of hydrogen-bond donors (Lipinski definition) is 1. The molecule has 0 aliphatic carbocycles. The molecule has 0 saturated heterocycles. The van der Waals surface area contributed by atoms with Crippen LogP contribution in [0, 0.1) is 0 Å². The third-order valence-electron chi connectivity index (χ3n) is 2.67. The first kappa shape index (κ1) is 15.3. The number of amides is 1. The second-order valence-electron chi connectivity index (χ2n) is 4.09. The third kappa shape index (κ3) is 4.79. The molecular formula is C13H16ClNO4. The Morgan fingerprint density at radius 3 is 2.68 bits per heavy atom. The van der Waals surface area contributed by atoms with E-state index in [1.54, 1.807) is 25.2 Å². The first-order valence-electron chi connectivity index (χ1n) is 5.72. The van der Waals surface area contributed by atoms with E-state index >= 15 is 0 Å². The summed E-state index contributed by atoms with van der Waals surface area (Å²) in [6.45, 7) is 0.178. The van der Waals surface area contributed by atoms with Crippen LogP contribution in [0.4, 0.5) is 0 Å². The van der Waals surface area contributed by atoms with Crippen LogP contribution in [-0.4, -0.2) is 42.6 Å². The summed E-state index contributed by atoms with van der Waals surface area (Å²) in [5.41, 5.74) is 0.683. The second-order valence-corrected chi connectivity index (χ2v) is 4.53. The normalized spacial score (nSPS) is 10.1. The van der Waals surface area contributed by atoms with Gasteiger partial charge in [-0.2, -0.15) is 0 Å². The molecule has 1 amide bonds. The zero-order chi connectivity index (χ0) is 14.4. The van der Waals surface area contributed by atoms with E-state index in [0.717, 1.165) is 0 Å². The van der Waals surface area contributed by atoms with Crippen molar-refractivity contribution < 1.29 is 19.4 Å². The lowest BCUT2D eigenvalue weighted by Crippen LogP contribution is -2.30. The Morgan fingerprint density at radius 2 is 2.11 bits per heavy atom. The standard InChI is InChI=1S/C13H16ClNO4/c1-15(6-5-13(17)18)12(16)8-9-7-10(14)3-4-11(9)19-2/h3-4,7H,5-6,8H2,1-2H3,(H,17,18). The molecular weight excluding hydrogens is 270 g/mol. The summed E-state index contributed by atoms with van der Waals surface area (Å²) in [5.74, 6) is -0.522. The van der Waals surface area contributed by atoms with Crippen molar-refractivity contribution in [3.05, 3.63) is 28.8 Å². The number of carbonyl (C=O) groups excluding carboxylic acids is 1. The minimum absolute atomic E-state index is 0.0745.